The maximum absolute atomic E-state index is 13.1. The lowest BCUT2D eigenvalue weighted by Crippen LogP contribution is -2.34. The summed E-state index contributed by atoms with van der Waals surface area (Å²) in [6.07, 6.45) is 0. The minimum absolute atomic E-state index is 0.256. The van der Waals surface area contributed by atoms with Gasteiger partial charge in [-0.1, -0.05) is 56.0 Å². The van der Waals surface area contributed by atoms with Crippen molar-refractivity contribution in [2.75, 3.05) is 13.7 Å². The van der Waals surface area contributed by atoms with Crippen molar-refractivity contribution in [1.29, 1.82) is 0 Å². The molecule has 2 aromatic carbocycles. The smallest absolute Gasteiger partial charge is 0.337 e. The number of benzene rings is 2. The molecule has 0 aromatic heterocycles. The van der Waals surface area contributed by atoms with E-state index in [0.717, 1.165) is 10.8 Å². The number of hydrogen-bond acceptors (Lipinski definition) is 4. The molecule has 0 bridgehead atoms. The highest BCUT2D eigenvalue weighted by Crippen LogP contribution is 2.52. The molecule has 1 aliphatic carbocycles. The minimum Gasteiger partial charge on any atom is -0.497 e. The van der Waals surface area contributed by atoms with Crippen molar-refractivity contribution in [1.82, 2.24) is 0 Å². The molecule has 27 heavy (non-hydrogen) atoms. The van der Waals surface area contributed by atoms with Crippen LogP contribution in [0.2, 0.25) is 19.6 Å². The van der Waals surface area contributed by atoms with E-state index >= 15 is 0 Å². The van der Waals surface area contributed by atoms with Crippen molar-refractivity contribution in [2.24, 2.45) is 0 Å². The quantitative estimate of drug-likeness (QED) is 0.624. The third-order valence-electron chi connectivity index (χ3n) is 4.92. The standard InChI is InChI=1S/C22H26O4Si/c1-6-26-21(23)19-20(27(3,4)5)17-14-16(25-2)12-13-18(17)22(19,24)15-10-8-7-9-11-15/h7-14,24H,6H2,1-5H3. The molecule has 0 saturated heterocycles. The summed E-state index contributed by atoms with van der Waals surface area (Å²) in [4.78, 5) is 13.1. The molecule has 4 nitrogen and oxygen atoms in total. The molecule has 0 spiro atoms. The fraction of sp³-hybridized carbons (Fsp3) is 0.318. The van der Waals surface area contributed by atoms with Crippen LogP contribution in [0.4, 0.5) is 0 Å². The van der Waals surface area contributed by atoms with E-state index in [-0.39, 0.29) is 6.61 Å². The summed E-state index contributed by atoms with van der Waals surface area (Å²) < 4.78 is 10.8. The SMILES string of the molecule is CCOC(=O)C1=C([Si](C)(C)C)c2cc(OC)ccc2C1(O)c1ccccc1. The predicted molar refractivity (Wildman–Crippen MR) is 109 cm³/mol. The highest BCUT2D eigenvalue weighted by atomic mass is 28.3. The van der Waals surface area contributed by atoms with Crippen molar-refractivity contribution in [3.8, 4) is 5.75 Å². The van der Waals surface area contributed by atoms with E-state index in [1.54, 1.807) is 14.0 Å². The number of methoxy groups -OCH3 is 1. The van der Waals surface area contributed by atoms with E-state index in [2.05, 4.69) is 19.6 Å². The first kappa shape index (κ1) is 19.4. The molecule has 5 heteroatoms. The van der Waals surface area contributed by atoms with Gasteiger partial charge in [0, 0.05) is 5.56 Å². The lowest BCUT2D eigenvalue weighted by molar-refractivity contribution is -0.140. The Balaban J connectivity index is 2.41. The molecule has 1 aliphatic rings. The minimum atomic E-state index is -2.02. The zero-order chi connectivity index (χ0) is 19.8. The van der Waals surface area contributed by atoms with Crippen molar-refractivity contribution >= 4 is 19.2 Å². The Kier molecular flexibility index (Phi) is 5.01. The van der Waals surface area contributed by atoms with Crippen LogP contribution in [0.25, 0.3) is 5.20 Å². The molecular formula is C22H26O4Si. The van der Waals surface area contributed by atoms with E-state index in [9.17, 15) is 9.90 Å². The van der Waals surface area contributed by atoms with Crippen LogP contribution < -0.4 is 4.74 Å². The largest absolute Gasteiger partial charge is 0.497 e. The normalized spacial score (nSPS) is 19.0. The maximum Gasteiger partial charge on any atom is 0.337 e. The summed E-state index contributed by atoms with van der Waals surface area (Å²) in [5.41, 5.74) is 1.05. The van der Waals surface area contributed by atoms with E-state index in [4.69, 9.17) is 9.47 Å². The summed E-state index contributed by atoms with van der Waals surface area (Å²) >= 11 is 0. The molecular weight excluding hydrogens is 356 g/mol. The number of esters is 1. The molecule has 0 amide bonds. The molecule has 0 saturated carbocycles. The lowest BCUT2D eigenvalue weighted by atomic mass is 9.83. The molecule has 0 aliphatic heterocycles. The Morgan fingerprint density at radius 2 is 1.78 bits per heavy atom. The van der Waals surface area contributed by atoms with Crippen molar-refractivity contribution in [3.05, 3.63) is 70.8 Å². The zero-order valence-corrected chi connectivity index (χ0v) is 17.5. The number of hydrogen-bond donors (Lipinski definition) is 1. The van der Waals surface area contributed by atoms with Gasteiger partial charge in [-0.05, 0) is 35.4 Å². The third kappa shape index (κ3) is 3.11. The fourth-order valence-corrected chi connectivity index (χ4v) is 5.88. The molecule has 1 unspecified atom stereocenters. The molecule has 142 valence electrons. The van der Waals surface area contributed by atoms with Gasteiger partial charge >= 0.3 is 5.97 Å². The Labute approximate surface area is 161 Å². The Bertz CT molecular complexity index is 896. The average molecular weight is 383 g/mol. The van der Waals surface area contributed by atoms with Crippen LogP contribution in [-0.4, -0.2) is 32.9 Å². The predicted octanol–water partition coefficient (Wildman–Crippen LogP) is 4.14. The first-order valence-corrected chi connectivity index (χ1v) is 12.6. The highest BCUT2D eigenvalue weighted by molar-refractivity contribution is 6.94. The van der Waals surface area contributed by atoms with Crippen molar-refractivity contribution in [3.63, 3.8) is 0 Å². The van der Waals surface area contributed by atoms with Crippen LogP contribution in [0, 0.1) is 0 Å². The molecule has 2 aromatic rings. The van der Waals surface area contributed by atoms with Crippen molar-refractivity contribution < 1.29 is 19.4 Å². The fourth-order valence-electron chi connectivity index (χ4n) is 3.83. The van der Waals surface area contributed by atoms with Crippen LogP contribution in [0.1, 0.15) is 23.6 Å². The molecule has 1 atom stereocenters. The number of fused-ring (bicyclic) bond motifs is 1. The summed E-state index contributed by atoms with van der Waals surface area (Å²) in [6.45, 7) is 8.54. The first-order chi connectivity index (χ1) is 12.7. The second-order valence-corrected chi connectivity index (χ2v) is 12.7. The molecule has 0 heterocycles. The number of carbonyl (C=O) groups excluding carboxylic acids is 1. The molecule has 0 fully saturated rings. The second kappa shape index (κ2) is 6.98. The summed E-state index contributed by atoms with van der Waals surface area (Å²) in [5, 5.41) is 12.9. The Morgan fingerprint density at radius 1 is 1.11 bits per heavy atom. The number of rotatable bonds is 5. The number of carbonyl (C=O) groups is 1. The van der Waals surface area contributed by atoms with Gasteiger partial charge in [0.25, 0.3) is 0 Å². The Hall–Kier alpha value is -2.37. The van der Waals surface area contributed by atoms with E-state index in [1.165, 1.54) is 0 Å². The Morgan fingerprint density at radius 3 is 2.33 bits per heavy atom. The average Bonchev–Trinajstić information content (AvgIpc) is 2.92. The third-order valence-corrected chi connectivity index (χ3v) is 6.94. The molecule has 3 rings (SSSR count). The van der Waals surface area contributed by atoms with Gasteiger partial charge in [0.1, 0.15) is 11.4 Å². The van der Waals surface area contributed by atoms with Crippen LogP contribution in [-0.2, 0) is 15.1 Å². The van der Waals surface area contributed by atoms with E-state index in [1.807, 2.05) is 48.5 Å². The monoisotopic (exact) mass is 382 g/mol. The van der Waals surface area contributed by atoms with Crippen LogP contribution in [0.3, 0.4) is 0 Å². The first-order valence-electron chi connectivity index (χ1n) is 9.14. The van der Waals surface area contributed by atoms with Gasteiger partial charge in [-0.15, -0.1) is 0 Å². The summed E-state index contributed by atoms with van der Waals surface area (Å²) in [7, 11) is -0.409. The van der Waals surface area contributed by atoms with Gasteiger partial charge in [-0.25, -0.2) is 4.79 Å². The number of aliphatic hydroxyl groups is 1. The summed E-state index contributed by atoms with van der Waals surface area (Å²) in [5.74, 6) is 0.237. The zero-order valence-electron chi connectivity index (χ0n) is 16.5. The van der Waals surface area contributed by atoms with E-state index in [0.29, 0.717) is 22.4 Å². The van der Waals surface area contributed by atoms with Gasteiger partial charge < -0.3 is 14.6 Å². The molecule has 1 N–H and O–H groups in total. The molecule has 0 radical (unpaired) electrons. The topological polar surface area (TPSA) is 55.8 Å². The van der Waals surface area contributed by atoms with Crippen molar-refractivity contribution in [2.45, 2.75) is 32.2 Å². The van der Waals surface area contributed by atoms with Gasteiger partial charge in [0.05, 0.1) is 27.4 Å². The summed E-state index contributed by atoms with van der Waals surface area (Å²) in [6, 6.07) is 14.9. The highest BCUT2D eigenvalue weighted by Gasteiger charge is 2.51. The van der Waals surface area contributed by atoms with Crippen LogP contribution >= 0.6 is 0 Å². The second-order valence-electron chi connectivity index (χ2n) is 7.71. The number of ether oxygens (including phenoxy) is 2. The van der Waals surface area contributed by atoms with E-state index < -0.39 is 19.6 Å². The lowest BCUT2D eigenvalue weighted by Gasteiger charge is -2.28. The van der Waals surface area contributed by atoms with Gasteiger partial charge in [0.15, 0.2) is 0 Å². The van der Waals surface area contributed by atoms with Crippen LogP contribution in [0.15, 0.2) is 54.1 Å². The van der Waals surface area contributed by atoms with Gasteiger partial charge in [-0.3, -0.25) is 0 Å². The van der Waals surface area contributed by atoms with Gasteiger partial charge in [0.2, 0.25) is 0 Å². The van der Waals surface area contributed by atoms with Gasteiger partial charge in [-0.2, -0.15) is 0 Å². The van der Waals surface area contributed by atoms with Crippen LogP contribution in [0.5, 0.6) is 5.75 Å². The maximum atomic E-state index is 13.1.